The molecule has 0 aromatic carbocycles. The molecule has 0 saturated heterocycles. The minimum absolute atomic E-state index is 0.471. The Bertz CT molecular complexity index is 494. The number of hydrogen-bond acceptors (Lipinski definition) is 3. The quantitative estimate of drug-likeness (QED) is 0.806. The van der Waals surface area contributed by atoms with Crippen molar-refractivity contribution in [3.8, 4) is 0 Å². The van der Waals surface area contributed by atoms with E-state index in [9.17, 15) is 22.8 Å². The Hall–Kier alpha value is -1.83. The van der Waals surface area contributed by atoms with Gasteiger partial charge >= 0.3 is 6.18 Å². The average molecular weight is 263 g/mol. The number of nitrogens with one attached hydrogen (secondary N) is 1. The summed E-state index contributed by atoms with van der Waals surface area (Å²) >= 11 is 0. The van der Waals surface area contributed by atoms with Crippen LogP contribution in [0.5, 0.6) is 0 Å². The summed E-state index contributed by atoms with van der Waals surface area (Å²) in [6.45, 7) is -0.471. The molecule has 0 unspecified atom stereocenters. The standard InChI is InChI=1S/C10H12F3N3O2/c1-15(2)14-8(17)6-16-5-7(10(11,12)13)3-4-9(16)18/h3-5H,6H2,1-2H3,(H,14,17). The van der Waals surface area contributed by atoms with Gasteiger partial charge in [-0.25, -0.2) is 5.01 Å². The van der Waals surface area contributed by atoms with Gasteiger partial charge in [0.25, 0.3) is 11.5 Å². The van der Waals surface area contributed by atoms with E-state index in [1.165, 1.54) is 5.01 Å². The van der Waals surface area contributed by atoms with Crippen LogP contribution in [0.25, 0.3) is 0 Å². The number of alkyl halides is 3. The fourth-order valence-corrected chi connectivity index (χ4v) is 1.26. The molecule has 0 atom stereocenters. The van der Waals surface area contributed by atoms with Crippen LogP contribution in [0.3, 0.4) is 0 Å². The van der Waals surface area contributed by atoms with Gasteiger partial charge < -0.3 is 4.57 Å². The predicted octanol–water partition coefficient (Wildman–Crippen LogP) is 0.460. The fourth-order valence-electron chi connectivity index (χ4n) is 1.26. The molecule has 1 amide bonds. The lowest BCUT2D eigenvalue weighted by atomic mass is 10.3. The number of halogens is 3. The van der Waals surface area contributed by atoms with Crippen molar-refractivity contribution in [2.75, 3.05) is 14.1 Å². The number of hydrogen-bond donors (Lipinski definition) is 1. The summed E-state index contributed by atoms with van der Waals surface area (Å²) in [6.07, 6.45) is -3.93. The monoisotopic (exact) mass is 263 g/mol. The van der Waals surface area contributed by atoms with Crippen molar-refractivity contribution in [2.45, 2.75) is 12.7 Å². The van der Waals surface area contributed by atoms with Crippen molar-refractivity contribution in [3.63, 3.8) is 0 Å². The lowest BCUT2D eigenvalue weighted by molar-refractivity contribution is -0.138. The van der Waals surface area contributed by atoms with Crippen LogP contribution in [0, 0.1) is 0 Å². The van der Waals surface area contributed by atoms with Crippen molar-refractivity contribution in [2.24, 2.45) is 0 Å². The molecule has 0 aliphatic heterocycles. The highest BCUT2D eigenvalue weighted by molar-refractivity contribution is 5.75. The maximum Gasteiger partial charge on any atom is 0.417 e. The fraction of sp³-hybridized carbons (Fsp3) is 0.400. The average Bonchev–Trinajstić information content (AvgIpc) is 2.18. The molecule has 1 aromatic rings. The Labute approximate surface area is 101 Å². The summed E-state index contributed by atoms with van der Waals surface area (Å²) in [4.78, 5) is 22.7. The predicted molar refractivity (Wildman–Crippen MR) is 57.5 cm³/mol. The molecule has 0 saturated carbocycles. The van der Waals surface area contributed by atoms with E-state index < -0.39 is 29.8 Å². The molecule has 0 bridgehead atoms. The van der Waals surface area contributed by atoms with Crippen LogP contribution in [-0.4, -0.2) is 29.6 Å². The number of carbonyl (C=O) groups excluding carboxylic acids is 1. The highest BCUT2D eigenvalue weighted by Gasteiger charge is 2.31. The van der Waals surface area contributed by atoms with Gasteiger partial charge in [-0.05, 0) is 6.07 Å². The van der Waals surface area contributed by atoms with E-state index in [-0.39, 0.29) is 0 Å². The maximum absolute atomic E-state index is 12.4. The van der Waals surface area contributed by atoms with E-state index in [1.54, 1.807) is 14.1 Å². The molecule has 1 N–H and O–H groups in total. The van der Waals surface area contributed by atoms with Crippen LogP contribution >= 0.6 is 0 Å². The Kier molecular flexibility index (Phi) is 4.12. The Morgan fingerprint density at radius 1 is 1.39 bits per heavy atom. The Morgan fingerprint density at radius 2 is 2.00 bits per heavy atom. The van der Waals surface area contributed by atoms with Crippen molar-refractivity contribution in [3.05, 3.63) is 34.2 Å². The summed E-state index contributed by atoms with van der Waals surface area (Å²) in [7, 11) is 3.10. The summed E-state index contributed by atoms with van der Waals surface area (Å²) < 4.78 is 38.0. The van der Waals surface area contributed by atoms with Gasteiger partial charge in [-0.3, -0.25) is 15.0 Å². The zero-order valence-electron chi connectivity index (χ0n) is 9.78. The van der Waals surface area contributed by atoms with Crippen LogP contribution in [0.4, 0.5) is 13.2 Å². The first-order chi connectivity index (χ1) is 8.20. The van der Waals surface area contributed by atoms with Gasteiger partial charge in [0, 0.05) is 26.4 Å². The molecule has 1 aromatic heterocycles. The van der Waals surface area contributed by atoms with E-state index in [0.717, 1.165) is 6.07 Å². The molecule has 5 nitrogen and oxygen atoms in total. The molecular formula is C10H12F3N3O2. The second kappa shape index (κ2) is 5.21. The van der Waals surface area contributed by atoms with E-state index >= 15 is 0 Å². The van der Waals surface area contributed by atoms with E-state index in [2.05, 4.69) is 5.43 Å². The second-order valence-corrected chi connectivity index (χ2v) is 3.81. The normalized spacial score (nSPS) is 11.7. The summed E-state index contributed by atoms with van der Waals surface area (Å²) in [5, 5.41) is 1.33. The largest absolute Gasteiger partial charge is 0.417 e. The lowest BCUT2D eigenvalue weighted by Gasteiger charge is -2.13. The SMILES string of the molecule is CN(C)NC(=O)Cn1cc(C(F)(F)F)ccc1=O. The number of carbonyl (C=O) groups is 1. The third kappa shape index (κ3) is 3.88. The van der Waals surface area contributed by atoms with Gasteiger partial charge in [-0.2, -0.15) is 13.2 Å². The second-order valence-electron chi connectivity index (χ2n) is 3.81. The molecule has 1 heterocycles. The van der Waals surface area contributed by atoms with Gasteiger partial charge in [-0.15, -0.1) is 0 Å². The van der Waals surface area contributed by atoms with Gasteiger partial charge in [0.2, 0.25) is 0 Å². The zero-order valence-corrected chi connectivity index (χ0v) is 9.78. The number of hydrazine groups is 1. The molecule has 8 heteroatoms. The highest BCUT2D eigenvalue weighted by Crippen LogP contribution is 2.27. The summed E-state index contributed by atoms with van der Waals surface area (Å²) in [5.41, 5.74) is 0.688. The highest BCUT2D eigenvalue weighted by atomic mass is 19.4. The van der Waals surface area contributed by atoms with Gasteiger partial charge in [0.15, 0.2) is 0 Å². The first-order valence-electron chi connectivity index (χ1n) is 4.94. The summed E-state index contributed by atoms with van der Waals surface area (Å²) in [6, 6.07) is 1.47. The van der Waals surface area contributed by atoms with Gasteiger partial charge in [-0.1, -0.05) is 0 Å². The Morgan fingerprint density at radius 3 is 2.50 bits per heavy atom. The van der Waals surface area contributed by atoms with E-state index in [4.69, 9.17) is 0 Å². The molecular weight excluding hydrogens is 251 g/mol. The number of aromatic nitrogens is 1. The van der Waals surface area contributed by atoms with E-state index in [1.807, 2.05) is 0 Å². The van der Waals surface area contributed by atoms with E-state index in [0.29, 0.717) is 16.8 Å². The van der Waals surface area contributed by atoms with Crippen molar-refractivity contribution in [1.82, 2.24) is 15.0 Å². The zero-order chi connectivity index (χ0) is 13.9. The lowest BCUT2D eigenvalue weighted by Crippen LogP contribution is -2.40. The minimum Gasteiger partial charge on any atom is -0.305 e. The van der Waals surface area contributed by atoms with Crippen LogP contribution in [0.1, 0.15) is 5.56 Å². The van der Waals surface area contributed by atoms with Crippen molar-refractivity contribution >= 4 is 5.91 Å². The first-order valence-corrected chi connectivity index (χ1v) is 4.94. The minimum atomic E-state index is -4.55. The van der Waals surface area contributed by atoms with Crippen molar-refractivity contribution in [1.29, 1.82) is 0 Å². The number of pyridine rings is 1. The molecule has 0 aliphatic rings. The Balaban J connectivity index is 2.95. The topological polar surface area (TPSA) is 54.3 Å². The van der Waals surface area contributed by atoms with Crippen LogP contribution < -0.4 is 11.0 Å². The van der Waals surface area contributed by atoms with Crippen LogP contribution in [0.2, 0.25) is 0 Å². The van der Waals surface area contributed by atoms with Crippen molar-refractivity contribution < 1.29 is 18.0 Å². The molecule has 1 rings (SSSR count). The molecule has 0 aliphatic carbocycles. The number of rotatable bonds is 3. The molecule has 0 radical (unpaired) electrons. The smallest absolute Gasteiger partial charge is 0.305 e. The third-order valence-electron chi connectivity index (χ3n) is 1.97. The molecule has 0 fully saturated rings. The molecule has 18 heavy (non-hydrogen) atoms. The molecule has 100 valence electrons. The number of amides is 1. The van der Waals surface area contributed by atoms with Crippen LogP contribution in [0.15, 0.2) is 23.1 Å². The maximum atomic E-state index is 12.4. The van der Waals surface area contributed by atoms with Gasteiger partial charge in [0.1, 0.15) is 6.54 Å². The first kappa shape index (κ1) is 14.2. The molecule has 0 spiro atoms. The number of nitrogens with zero attached hydrogens (tertiary/aromatic N) is 2. The van der Waals surface area contributed by atoms with Gasteiger partial charge in [0.05, 0.1) is 5.56 Å². The third-order valence-corrected chi connectivity index (χ3v) is 1.97. The summed E-state index contributed by atoms with van der Waals surface area (Å²) in [5.74, 6) is -0.582. The van der Waals surface area contributed by atoms with Crippen LogP contribution in [-0.2, 0) is 17.5 Å².